The summed E-state index contributed by atoms with van der Waals surface area (Å²) in [5.41, 5.74) is 1.02. The van der Waals surface area contributed by atoms with Gasteiger partial charge in [-0.15, -0.1) is 0 Å². The Morgan fingerprint density at radius 3 is 2.74 bits per heavy atom. The average molecular weight is 443 g/mol. The van der Waals surface area contributed by atoms with Gasteiger partial charge in [0.15, 0.2) is 11.4 Å². The molecule has 3 saturated carbocycles. The molecule has 0 aliphatic heterocycles. The van der Waals surface area contributed by atoms with Crippen molar-refractivity contribution in [1.29, 1.82) is 0 Å². The molecule has 6 nitrogen and oxygen atoms in total. The molecule has 3 aromatic rings. The van der Waals surface area contributed by atoms with Crippen LogP contribution in [0.2, 0.25) is 5.02 Å². The molecule has 8 heteroatoms. The molecule has 31 heavy (non-hydrogen) atoms. The lowest BCUT2D eigenvalue weighted by molar-refractivity contribution is -0.172. The first-order chi connectivity index (χ1) is 14.9. The Kier molecular flexibility index (Phi) is 4.73. The normalized spacial score (nSPS) is 23.7. The standard InChI is InChI=1S/C23H20ClFN2O4/c24-17-6-5-15(7-18(17)25)30-10-14(28)9-22-11-23(12-22,13-22)26-21(29)8-19-16-3-1-2-4-20(16)31-27-19/h1-7H,8-13H2,(H,26,29). The number of aromatic nitrogens is 1. The number of ketones is 1. The van der Waals surface area contributed by atoms with Crippen LogP contribution in [0.25, 0.3) is 11.0 Å². The number of hydrogen-bond donors (Lipinski definition) is 1. The van der Waals surface area contributed by atoms with Crippen molar-refractivity contribution in [3.8, 4) is 5.75 Å². The van der Waals surface area contributed by atoms with Gasteiger partial charge in [0.25, 0.3) is 0 Å². The number of hydrogen-bond acceptors (Lipinski definition) is 5. The van der Waals surface area contributed by atoms with E-state index in [1.165, 1.54) is 18.2 Å². The van der Waals surface area contributed by atoms with E-state index in [9.17, 15) is 14.0 Å². The van der Waals surface area contributed by atoms with Crippen LogP contribution in [0.4, 0.5) is 4.39 Å². The number of rotatable bonds is 8. The molecule has 2 bridgehead atoms. The van der Waals surface area contributed by atoms with Crippen molar-refractivity contribution in [1.82, 2.24) is 10.5 Å². The van der Waals surface area contributed by atoms with Crippen LogP contribution >= 0.6 is 11.6 Å². The first kappa shape index (κ1) is 20.0. The number of halogens is 2. The van der Waals surface area contributed by atoms with Crippen LogP contribution in [-0.4, -0.2) is 29.0 Å². The van der Waals surface area contributed by atoms with Gasteiger partial charge in [-0.25, -0.2) is 4.39 Å². The lowest BCUT2D eigenvalue weighted by Gasteiger charge is -2.70. The summed E-state index contributed by atoms with van der Waals surface area (Å²) in [7, 11) is 0. The second kappa shape index (κ2) is 7.34. The first-order valence-corrected chi connectivity index (χ1v) is 10.5. The smallest absolute Gasteiger partial charge is 0.226 e. The van der Waals surface area contributed by atoms with E-state index < -0.39 is 5.82 Å². The summed E-state index contributed by atoms with van der Waals surface area (Å²) in [5.74, 6) is -0.435. The zero-order valence-corrected chi connectivity index (χ0v) is 17.4. The number of Topliss-reactive ketones (excluding diaryl/α,β-unsaturated/α-hetero) is 1. The van der Waals surface area contributed by atoms with Crippen molar-refractivity contribution in [3.05, 3.63) is 59.0 Å². The quantitative estimate of drug-likeness (QED) is 0.564. The largest absolute Gasteiger partial charge is 0.486 e. The van der Waals surface area contributed by atoms with E-state index in [0.717, 1.165) is 24.6 Å². The van der Waals surface area contributed by atoms with E-state index in [1.54, 1.807) is 0 Å². The Morgan fingerprint density at radius 2 is 1.97 bits per heavy atom. The monoisotopic (exact) mass is 442 g/mol. The number of nitrogens with zero attached hydrogens (tertiary/aromatic N) is 1. The van der Waals surface area contributed by atoms with Gasteiger partial charge in [0.05, 0.1) is 11.4 Å². The van der Waals surface area contributed by atoms with E-state index in [2.05, 4.69) is 10.5 Å². The van der Waals surface area contributed by atoms with Gasteiger partial charge in [-0.3, -0.25) is 9.59 Å². The molecule has 3 fully saturated rings. The van der Waals surface area contributed by atoms with Gasteiger partial charge >= 0.3 is 0 Å². The molecule has 0 unspecified atom stereocenters. The zero-order chi connectivity index (χ0) is 21.6. The molecule has 3 aliphatic rings. The molecule has 1 heterocycles. The minimum atomic E-state index is -0.581. The molecule has 160 valence electrons. The number of nitrogens with one attached hydrogen (secondary N) is 1. The molecule has 0 saturated heterocycles. The maximum absolute atomic E-state index is 13.4. The third-order valence-corrected chi connectivity index (χ3v) is 6.49. The average Bonchev–Trinajstić information content (AvgIpc) is 3.09. The molecular formula is C23H20ClFN2O4. The lowest BCUT2D eigenvalue weighted by Crippen LogP contribution is -2.75. The predicted molar refractivity (Wildman–Crippen MR) is 111 cm³/mol. The number of carbonyl (C=O) groups excluding carboxylic acids is 2. The van der Waals surface area contributed by atoms with E-state index >= 15 is 0 Å². The third kappa shape index (κ3) is 3.78. The molecular weight excluding hydrogens is 423 g/mol. The molecule has 1 N–H and O–H groups in total. The Bertz CT molecular complexity index is 1170. The van der Waals surface area contributed by atoms with Gasteiger partial charge in [-0.1, -0.05) is 28.9 Å². The minimum Gasteiger partial charge on any atom is -0.486 e. The number of para-hydroxylation sites is 1. The third-order valence-electron chi connectivity index (χ3n) is 6.19. The summed E-state index contributed by atoms with van der Waals surface area (Å²) in [6.07, 6.45) is 2.91. The highest BCUT2D eigenvalue weighted by Crippen LogP contribution is 2.69. The number of benzene rings is 2. The molecule has 0 radical (unpaired) electrons. The van der Waals surface area contributed by atoms with Crippen LogP contribution < -0.4 is 10.1 Å². The fourth-order valence-electron chi connectivity index (χ4n) is 5.08. The van der Waals surface area contributed by atoms with Crippen molar-refractivity contribution >= 4 is 34.3 Å². The number of carbonyl (C=O) groups is 2. The van der Waals surface area contributed by atoms with Crippen LogP contribution in [0, 0.1) is 11.2 Å². The fourth-order valence-corrected chi connectivity index (χ4v) is 5.19. The van der Waals surface area contributed by atoms with Gasteiger partial charge in [0, 0.05) is 23.4 Å². The molecule has 1 amide bonds. The number of ether oxygens (including phenoxy) is 1. The SMILES string of the molecule is O=C(COc1ccc(Cl)c(F)c1)CC12CC(NC(=O)Cc3noc4ccccc34)(C1)C2. The molecule has 2 aromatic carbocycles. The van der Waals surface area contributed by atoms with Gasteiger partial charge < -0.3 is 14.6 Å². The summed E-state index contributed by atoms with van der Waals surface area (Å²) >= 11 is 5.64. The van der Waals surface area contributed by atoms with Gasteiger partial charge in [-0.05, 0) is 48.9 Å². The van der Waals surface area contributed by atoms with E-state index in [-0.39, 0.29) is 46.4 Å². The lowest BCUT2D eigenvalue weighted by atomic mass is 9.38. The van der Waals surface area contributed by atoms with Crippen LogP contribution in [0.1, 0.15) is 31.4 Å². The Labute approximate surface area is 182 Å². The van der Waals surface area contributed by atoms with E-state index in [1.807, 2.05) is 24.3 Å². The molecule has 0 atom stereocenters. The van der Waals surface area contributed by atoms with Crippen LogP contribution in [-0.2, 0) is 16.0 Å². The molecule has 3 aliphatic carbocycles. The van der Waals surface area contributed by atoms with Crippen LogP contribution in [0.15, 0.2) is 47.0 Å². The van der Waals surface area contributed by atoms with Gasteiger partial charge in [-0.2, -0.15) is 0 Å². The zero-order valence-electron chi connectivity index (χ0n) is 16.6. The maximum atomic E-state index is 13.4. The minimum absolute atomic E-state index is 0.0108. The van der Waals surface area contributed by atoms with E-state index in [0.29, 0.717) is 17.7 Å². The highest BCUT2D eigenvalue weighted by atomic mass is 35.5. The summed E-state index contributed by atoms with van der Waals surface area (Å²) in [6.45, 7) is -0.110. The predicted octanol–water partition coefficient (Wildman–Crippen LogP) is 4.24. The summed E-state index contributed by atoms with van der Waals surface area (Å²) in [4.78, 5) is 24.8. The van der Waals surface area contributed by atoms with Crippen molar-refractivity contribution in [3.63, 3.8) is 0 Å². The first-order valence-electron chi connectivity index (χ1n) is 10.1. The Hall–Kier alpha value is -2.93. The summed E-state index contributed by atoms with van der Waals surface area (Å²) in [5, 5.41) is 7.97. The van der Waals surface area contributed by atoms with E-state index in [4.69, 9.17) is 20.9 Å². The Morgan fingerprint density at radius 1 is 1.19 bits per heavy atom. The topological polar surface area (TPSA) is 81.4 Å². The van der Waals surface area contributed by atoms with Crippen LogP contribution in [0.5, 0.6) is 5.75 Å². The van der Waals surface area contributed by atoms with Gasteiger partial charge in [0.1, 0.15) is 23.9 Å². The van der Waals surface area contributed by atoms with Crippen molar-refractivity contribution < 1.29 is 23.2 Å². The maximum Gasteiger partial charge on any atom is 0.226 e. The highest BCUT2D eigenvalue weighted by molar-refractivity contribution is 6.30. The fraction of sp³-hybridized carbons (Fsp3) is 0.348. The van der Waals surface area contributed by atoms with Crippen LogP contribution in [0.3, 0.4) is 0 Å². The van der Waals surface area contributed by atoms with Gasteiger partial charge in [0.2, 0.25) is 5.91 Å². The summed E-state index contributed by atoms with van der Waals surface area (Å²) in [6, 6.07) is 11.5. The molecule has 0 spiro atoms. The van der Waals surface area contributed by atoms with Crippen molar-refractivity contribution in [2.75, 3.05) is 6.61 Å². The number of fused-ring (bicyclic) bond motifs is 1. The summed E-state index contributed by atoms with van der Waals surface area (Å²) < 4.78 is 24.1. The number of amides is 1. The molecule has 1 aromatic heterocycles. The van der Waals surface area contributed by atoms with Crippen molar-refractivity contribution in [2.24, 2.45) is 5.41 Å². The molecule has 6 rings (SSSR count). The second-order valence-electron chi connectivity index (χ2n) is 8.74. The Balaban J connectivity index is 1.09. The second-order valence-corrected chi connectivity index (χ2v) is 9.15. The van der Waals surface area contributed by atoms with Crippen molar-refractivity contribution in [2.45, 2.75) is 37.6 Å². The highest BCUT2D eigenvalue weighted by Gasteiger charge is 2.68.